The van der Waals surface area contributed by atoms with E-state index in [2.05, 4.69) is 49.9 Å². The molecule has 1 atom stereocenters. The summed E-state index contributed by atoms with van der Waals surface area (Å²) in [6.07, 6.45) is 33.8. The normalized spacial score (nSPS) is 16.2. The average molecular weight is 435 g/mol. The summed E-state index contributed by atoms with van der Waals surface area (Å²) in [5.41, 5.74) is 0. The van der Waals surface area contributed by atoms with Crippen molar-refractivity contribution in [2.24, 2.45) is 0 Å². The molecule has 2 heteroatoms. The first-order valence-electron chi connectivity index (χ1n) is 14.4. The van der Waals surface area contributed by atoms with Crippen molar-refractivity contribution in [3.05, 3.63) is 12.4 Å². The average Bonchev–Trinajstić information content (AvgIpc) is 3.16. The minimum absolute atomic E-state index is 0.610. The lowest BCUT2D eigenvalue weighted by atomic mass is 10.0. The molecule has 1 aliphatic heterocycles. The molecule has 0 aliphatic carbocycles. The van der Waals surface area contributed by atoms with Crippen LogP contribution in [0.3, 0.4) is 0 Å². The Morgan fingerprint density at radius 1 is 0.548 bits per heavy atom. The highest BCUT2D eigenvalue weighted by molar-refractivity contribution is 4.98. The summed E-state index contributed by atoms with van der Waals surface area (Å²) in [5.74, 6) is 0. The SMILES string of the molecule is CCCCCCCCCCCCCCCCCCN1C=CN(C(C)C)C1CCCCC. The predicted octanol–water partition coefficient (Wildman–Crippen LogP) is 9.65. The van der Waals surface area contributed by atoms with Gasteiger partial charge in [0.25, 0.3) is 0 Å². The number of nitrogens with zero attached hydrogens (tertiary/aromatic N) is 2. The molecule has 0 aromatic carbocycles. The number of unbranched alkanes of at least 4 members (excludes halogenated alkanes) is 17. The van der Waals surface area contributed by atoms with E-state index in [1.54, 1.807) is 0 Å². The van der Waals surface area contributed by atoms with Gasteiger partial charge < -0.3 is 9.80 Å². The van der Waals surface area contributed by atoms with Crippen LogP contribution in [-0.4, -0.2) is 28.6 Å². The van der Waals surface area contributed by atoms with Gasteiger partial charge in [0.05, 0.1) is 0 Å². The fraction of sp³-hybridized carbons (Fsp3) is 0.931. The molecule has 0 saturated heterocycles. The predicted molar refractivity (Wildman–Crippen MR) is 140 cm³/mol. The van der Waals surface area contributed by atoms with Crippen molar-refractivity contribution in [1.29, 1.82) is 0 Å². The van der Waals surface area contributed by atoms with E-state index >= 15 is 0 Å². The van der Waals surface area contributed by atoms with Crippen molar-refractivity contribution in [3.8, 4) is 0 Å². The van der Waals surface area contributed by atoms with E-state index in [-0.39, 0.29) is 0 Å². The molecule has 1 rings (SSSR count). The van der Waals surface area contributed by atoms with Crippen molar-refractivity contribution < 1.29 is 0 Å². The molecule has 0 fully saturated rings. The molecule has 184 valence electrons. The van der Waals surface area contributed by atoms with Crippen molar-refractivity contribution in [2.75, 3.05) is 6.54 Å². The fourth-order valence-corrected chi connectivity index (χ4v) is 5.01. The third kappa shape index (κ3) is 14.2. The monoisotopic (exact) mass is 434 g/mol. The van der Waals surface area contributed by atoms with Gasteiger partial charge in [-0.25, -0.2) is 0 Å². The molecule has 0 saturated carbocycles. The molecule has 0 spiro atoms. The molecule has 2 nitrogen and oxygen atoms in total. The van der Waals surface area contributed by atoms with Crippen LogP contribution in [0, 0.1) is 0 Å². The zero-order valence-corrected chi connectivity index (χ0v) is 22.1. The summed E-state index contributed by atoms with van der Waals surface area (Å²) in [6, 6.07) is 0.610. The van der Waals surface area contributed by atoms with Gasteiger partial charge in [-0.2, -0.15) is 0 Å². The van der Waals surface area contributed by atoms with Gasteiger partial charge >= 0.3 is 0 Å². The topological polar surface area (TPSA) is 6.48 Å². The van der Waals surface area contributed by atoms with Crippen LogP contribution in [0.25, 0.3) is 0 Å². The van der Waals surface area contributed by atoms with Gasteiger partial charge in [0.15, 0.2) is 0 Å². The Hall–Kier alpha value is -0.660. The second-order valence-electron chi connectivity index (χ2n) is 10.4. The molecule has 1 heterocycles. The Morgan fingerprint density at radius 3 is 1.42 bits per heavy atom. The van der Waals surface area contributed by atoms with Gasteiger partial charge in [0.1, 0.15) is 6.17 Å². The fourth-order valence-electron chi connectivity index (χ4n) is 5.01. The van der Waals surface area contributed by atoms with Crippen molar-refractivity contribution >= 4 is 0 Å². The van der Waals surface area contributed by atoms with E-state index in [9.17, 15) is 0 Å². The molecule has 0 N–H and O–H groups in total. The Bertz CT molecular complexity index is 404. The lowest BCUT2D eigenvalue weighted by Gasteiger charge is -2.35. The van der Waals surface area contributed by atoms with Crippen LogP contribution in [0.5, 0.6) is 0 Å². The minimum Gasteiger partial charge on any atom is -0.356 e. The van der Waals surface area contributed by atoms with Crippen LogP contribution < -0.4 is 0 Å². The third-order valence-electron chi connectivity index (χ3n) is 7.09. The molecule has 1 unspecified atom stereocenters. The molecule has 0 aromatic heterocycles. The highest BCUT2D eigenvalue weighted by Gasteiger charge is 2.26. The van der Waals surface area contributed by atoms with Crippen LogP contribution >= 0.6 is 0 Å². The Labute approximate surface area is 197 Å². The lowest BCUT2D eigenvalue weighted by Crippen LogP contribution is -2.42. The maximum Gasteiger partial charge on any atom is 0.101 e. The Kier molecular flexibility index (Phi) is 18.3. The van der Waals surface area contributed by atoms with Crippen LogP contribution in [0.1, 0.15) is 156 Å². The van der Waals surface area contributed by atoms with E-state index in [4.69, 9.17) is 0 Å². The number of hydrogen-bond acceptors (Lipinski definition) is 2. The first-order chi connectivity index (χ1) is 15.2. The highest BCUT2D eigenvalue weighted by atomic mass is 15.4. The number of hydrogen-bond donors (Lipinski definition) is 0. The largest absolute Gasteiger partial charge is 0.356 e. The summed E-state index contributed by atoms with van der Waals surface area (Å²) >= 11 is 0. The molecule has 1 aliphatic rings. The van der Waals surface area contributed by atoms with Crippen molar-refractivity contribution in [1.82, 2.24) is 9.80 Å². The summed E-state index contributed by atoms with van der Waals surface area (Å²) in [7, 11) is 0. The summed E-state index contributed by atoms with van der Waals surface area (Å²) in [6.45, 7) is 10.5. The Morgan fingerprint density at radius 2 is 0.968 bits per heavy atom. The Balaban J connectivity index is 1.93. The molecule has 0 amide bonds. The zero-order valence-electron chi connectivity index (χ0n) is 22.1. The van der Waals surface area contributed by atoms with Crippen molar-refractivity contribution in [3.63, 3.8) is 0 Å². The van der Waals surface area contributed by atoms with E-state index < -0.39 is 0 Å². The molecule has 0 aromatic rings. The molecule has 0 bridgehead atoms. The van der Waals surface area contributed by atoms with Gasteiger partial charge in [0.2, 0.25) is 0 Å². The van der Waals surface area contributed by atoms with Gasteiger partial charge in [-0.15, -0.1) is 0 Å². The van der Waals surface area contributed by atoms with Gasteiger partial charge in [-0.05, 0) is 33.1 Å². The van der Waals surface area contributed by atoms with Crippen LogP contribution in [-0.2, 0) is 0 Å². The summed E-state index contributed by atoms with van der Waals surface area (Å²) in [5, 5.41) is 0. The minimum atomic E-state index is 0.610. The maximum atomic E-state index is 2.62. The first kappa shape index (κ1) is 28.4. The summed E-state index contributed by atoms with van der Waals surface area (Å²) in [4.78, 5) is 5.20. The van der Waals surface area contributed by atoms with Crippen molar-refractivity contribution in [2.45, 2.75) is 168 Å². The van der Waals surface area contributed by atoms with Gasteiger partial charge in [0, 0.05) is 25.0 Å². The van der Waals surface area contributed by atoms with Crippen LogP contribution in [0.4, 0.5) is 0 Å². The van der Waals surface area contributed by atoms with E-state index in [0.29, 0.717) is 12.2 Å². The lowest BCUT2D eigenvalue weighted by molar-refractivity contribution is 0.114. The first-order valence-corrected chi connectivity index (χ1v) is 14.4. The third-order valence-corrected chi connectivity index (χ3v) is 7.09. The van der Waals surface area contributed by atoms with E-state index in [1.165, 1.54) is 135 Å². The van der Waals surface area contributed by atoms with Gasteiger partial charge in [-0.3, -0.25) is 0 Å². The second-order valence-corrected chi connectivity index (χ2v) is 10.4. The van der Waals surface area contributed by atoms with E-state index in [0.717, 1.165) is 0 Å². The quantitative estimate of drug-likeness (QED) is 0.156. The smallest absolute Gasteiger partial charge is 0.101 e. The zero-order chi connectivity index (χ0) is 22.6. The molecule has 0 radical (unpaired) electrons. The maximum absolute atomic E-state index is 2.62. The van der Waals surface area contributed by atoms with Crippen LogP contribution in [0.2, 0.25) is 0 Å². The molecular formula is C29H58N2. The molecular weight excluding hydrogens is 376 g/mol. The van der Waals surface area contributed by atoms with Crippen LogP contribution in [0.15, 0.2) is 12.4 Å². The number of rotatable bonds is 22. The molecule has 31 heavy (non-hydrogen) atoms. The van der Waals surface area contributed by atoms with Gasteiger partial charge in [-0.1, -0.05) is 123 Å². The summed E-state index contributed by atoms with van der Waals surface area (Å²) < 4.78 is 0. The highest BCUT2D eigenvalue weighted by Crippen LogP contribution is 2.24. The standard InChI is InChI=1S/C29H58N2/c1-5-7-9-10-11-12-13-14-15-16-17-18-19-20-21-23-25-30-26-27-31(28(3)4)29(30)24-22-8-6-2/h26-29H,5-25H2,1-4H3. The van der Waals surface area contributed by atoms with E-state index in [1.807, 2.05) is 0 Å². The second kappa shape index (κ2) is 20.0.